The first-order valence-corrected chi connectivity index (χ1v) is 8.75. The Bertz CT molecular complexity index is 165. The van der Waals surface area contributed by atoms with Crippen LogP contribution in [0, 0.1) is 0 Å². The standard InChI is InChI=1S/C8H23N5.C3H4S2/c9-1-3-11-5-7-13-8-6-12-4-2-10;1-2-4-5-3-1/h11-13H,1-10H2;1-2H,3H2. The fourth-order valence-corrected chi connectivity index (χ4v) is 2.70. The Kier molecular flexibility index (Phi) is 17.5. The molecule has 0 aromatic carbocycles. The van der Waals surface area contributed by atoms with Gasteiger partial charge >= 0.3 is 0 Å². The predicted octanol–water partition coefficient (Wildman–Crippen LogP) is -0.432. The SMILES string of the molecule is C1=CSSC1.NCCNCCNCCNCCN. The summed E-state index contributed by atoms with van der Waals surface area (Å²) in [4.78, 5) is 0. The lowest BCUT2D eigenvalue weighted by Gasteiger charge is -2.06. The van der Waals surface area contributed by atoms with Gasteiger partial charge in [-0.25, -0.2) is 0 Å². The van der Waals surface area contributed by atoms with E-state index >= 15 is 0 Å². The quantitative estimate of drug-likeness (QED) is 0.276. The van der Waals surface area contributed by atoms with Gasteiger partial charge in [-0.3, -0.25) is 0 Å². The van der Waals surface area contributed by atoms with E-state index in [1.807, 2.05) is 21.6 Å². The number of nitrogens with one attached hydrogen (secondary N) is 3. The highest BCUT2D eigenvalue weighted by Crippen LogP contribution is 2.27. The van der Waals surface area contributed by atoms with Crippen LogP contribution in [0.5, 0.6) is 0 Å². The molecule has 0 saturated carbocycles. The lowest BCUT2D eigenvalue weighted by atomic mass is 10.5. The molecule has 0 atom stereocenters. The number of rotatable bonds is 10. The van der Waals surface area contributed by atoms with Gasteiger partial charge in [0.2, 0.25) is 0 Å². The van der Waals surface area contributed by atoms with Gasteiger partial charge in [-0.05, 0) is 5.41 Å². The van der Waals surface area contributed by atoms with Crippen molar-refractivity contribution in [1.82, 2.24) is 16.0 Å². The minimum atomic E-state index is 0.706. The highest BCUT2D eigenvalue weighted by molar-refractivity contribution is 8.78. The van der Waals surface area contributed by atoms with E-state index in [4.69, 9.17) is 11.5 Å². The molecule has 0 radical (unpaired) electrons. The van der Waals surface area contributed by atoms with Crippen molar-refractivity contribution >= 4 is 21.6 Å². The molecule has 0 saturated heterocycles. The van der Waals surface area contributed by atoms with Gasteiger partial charge in [0.15, 0.2) is 0 Å². The second-order valence-corrected chi connectivity index (χ2v) is 5.90. The van der Waals surface area contributed by atoms with Crippen molar-refractivity contribution in [3.8, 4) is 0 Å². The molecule has 0 aliphatic carbocycles. The Morgan fingerprint density at radius 2 is 1.33 bits per heavy atom. The summed E-state index contributed by atoms with van der Waals surface area (Å²) in [6.45, 7) is 7.15. The minimum absolute atomic E-state index is 0.706. The van der Waals surface area contributed by atoms with Gasteiger partial charge in [0.25, 0.3) is 0 Å². The first kappa shape index (κ1) is 18.2. The molecule has 108 valence electrons. The summed E-state index contributed by atoms with van der Waals surface area (Å²) in [7, 11) is 3.69. The summed E-state index contributed by atoms with van der Waals surface area (Å²) in [5.41, 5.74) is 10.6. The molecule has 18 heavy (non-hydrogen) atoms. The fraction of sp³-hybridized carbons (Fsp3) is 0.818. The van der Waals surface area contributed by atoms with Gasteiger partial charge in [-0.2, -0.15) is 0 Å². The maximum atomic E-state index is 5.32. The molecular formula is C11H27N5S2. The molecule has 0 amide bonds. The predicted molar refractivity (Wildman–Crippen MR) is 85.9 cm³/mol. The molecule has 0 aromatic rings. The summed E-state index contributed by atoms with van der Waals surface area (Å²) < 4.78 is 0. The van der Waals surface area contributed by atoms with Crippen LogP contribution in [0.15, 0.2) is 11.5 Å². The third-order valence-corrected chi connectivity index (χ3v) is 3.90. The van der Waals surface area contributed by atoms with E-state index in [0.717, 1.165) is 39.3 Å². The van der Waals surface area contributed by atoms with Crippen molar-refractivity contribution in [2.75, 3.05) is 58.1 Å². The monoisotopic (exact) mass is 293 g/mol. The zero-order valence-corrected chi connectivity index (χ0v) is 12.6. The Hall–Kier alpha value is 0.240. The van der Waals surface area contributed by atoms with Crippen molar-refractivity contribution in [2.24, 2.45) is 11.5 Å². The third-order valence-electron chi connectivity index (χ3n) is 1.98. The molecule has 0 aromatic heterocycles. The minimum Gasteiger partial charge on any atom is -0.329 e. The largest absolute Gasteiger partial charge is 0.329 e. The molecule has 1 aliphatic heterocycles. The third kappa shape index (κ3) is 16.2. The lowest BCUT2D eigenvalue weighted by Crippen LogP contribution is -2.35. The van der Waals surface area contributed by atoms with Crippen LogP contribution in [0.3, 0.4) is 0 Å². The molecule has 1 heterocycles. The molecule has 0 bridgehead atoms. The van der Waals surface area contributed by atoms with E-state index in [1.165, 1.54) is 5.75 Å². The smallest absolute Gasteiger partial charge is 0.0229 e. The Labute approximate surface area is 119 Å². The number of hydrogen-bond acceptors (Lipinski definition) is 7. The molecule has 7 heteroatoms. The normalized spacial score (nSPS) is 13.4. The van der Waals surface area contributed by atoms with E-state index < -0.39 is 0 Å². The van der Waals surface area contributed by atoms with Crippen LogP contribution in [-0.4, -0.2) is 58.1 Å². The van der Waals surface area contributed by atoms with Crippen LogP contribution < -0.4 is 27.4 Å². The maximum Gasteiger partial charge on any atom is 0.0229 e. The van der Waals surface area contributed by atoms with E-state index in [0.29, 0.717) is 13.1 Å². The average Bonchev–Trinajstić information content (AvgIpc) is 2.96. The molecule has 0 unspecified atom stereocenters. The van der Waals surface area contributed by atoms with E-state index in [1.54, 1.807) is 0 Å². The molecule has 0 fully saturated rings. The van der Waals surface area contributed by atoms with Crippen LogP contribution in [0.1, 0.15) is 0 Å². The van der Waals surface area contributed by atoms with Crippen LogP contribution in [0.25, 0.3) is 0 Å². The number of nitrogens with two attached hydrogens (primary N) is 2. The first-order valence-electron chi connectivity index (χ1n) is 6.37. The topological polar surface area (TPSA) is 88.1 Å². The van der Waals surface area contributed by atoms with Gasteiger partial charge in [0.05, 0.1) is 0 Å². The van der Waals surface area contributed by atoms with Crippen molar-refractivity contribution in [2.45, 2.75) is 0 Å². The Balaban J connectivity index is 0.000000473. The summed E-state index contributed by atoms with van der Waals surface area (Å²) in [5.74, 6) is 1.20. The fourth-order valence-electron chi connectivity index (χ4n) is 1.13. The van der Waals surface area contributed by atoms with Crippen molar-refractivity contribution in [3.05, 3.63) is 11.5 Å². The van der Waals surface area contributed by atoms with Gasteiger partial charge in [0, 0.05) is 58.1 Å². The van der Waals surface area contributed by atoms with Gasteiger partial charge in [-0.1, -0.05) is 27.7 Å². The van der Waals surface area contributed by atoms with E-state index in [-0.39, 0.29) is 0 Å². The summed E-state index contributed by atoms with van der Waals surface area (Å²) in [6.07, 6.45) is 2.16. The van der Waals surface area contributed by atoms with Gasteiger partial charge in [-0.15, -0.1) is 0 Å². The number of hydrogen-bond donors (Lipinski definition) is 5. The second-order valence-electron chi connectivity index (χ2n) is 3.58. The van der Waals surface area contributed by atoms with Gasteiger partial charge in [0.1, 0.15) is 0 Å². The van der Waals surface area contributed by atoms with Crippen LogP contribution in [0.4, 0.5) is 0 Å². The summed E-state index contributed by atoms with van der Waals surface area (Å²) in [5, 5.41) is 11.8. The Morgan fingerprint density at radius 1 is 0.833 bits per heavy atom. The highest BCUT2D eigenvalue weighted by atomic mass is 33.1. The second kappa shape index (κ2) is 17.2. The van der Waals surface area contributed by atoms with Crippen molar-refractivity contribution < 1.29 is 0 Å². The molecule has 1 aliphatic rings. The summed E-state index contributed by atoms with van der Waals surface area (Å²) >= 11 is 0. The average molecular weight is 294 g/mol. The molecule has 7 N–H and O–H groups in total. The zero-order chi connectivity index (χ0) is 13.3. The van der Waals surface area contributed by atoms with Crippen LogP contribution in [-0.2, 0) is 0 Å². The van der Waals surface area contributed by atoms with Crippen LogP contribution >= 0.6 is 21.6 Å². The van der Waals surface area contributed by atoms with Gasteiger partial charge < -0.3 is 27.4 Å². The van der Waals surface area contributed by atoms with Crippen LogP contribution in [0.2, 0.25) is 0 Å². The lowest BCUT2D eigenvalue weighted by molar-refractivity contribution is 0.586. The zero-order valence-electron chi connectivity index (χ0n) is 11.0. The molecule has 1 rings (SSSR count). The molecule has 5 nitrogen and oxygen atoms in total. The first-order chi connectivity index (χ1) is 8.91. The molecular weight excluding hydrogens is 266 g/mol. The molecule has 0 spiro atoms. The highest BCUT2D eigenvalue weighted by Gasteiger charge is 1.87. The Morgan fingerprint density at radius 3 is 1.61 bits per heavy atom. The van der Waals surface area contributed by atoms with E-state index in [9.17, 15) is 0 Å². The van der Waals surface area contributed by atoms with E-state index in [2.05, 4.69) is 27.4 Å². The summed E-state index contributed by atoms with van der Waals surface area (Å²) in [6, 6.07) is 0. The van der Waals surface area contributed by atoms with Crippen molar-refractivity contribution in [3.63, 3.8) is 0 Å². The maximum absolute atomic E-state index is 5.32. The van der Waals surface area contributed by atoms with Crippen molar-refractivity contribution in [1.29, 1.82) is 0 Å².